The van der Waals surface area contributed by atoms with Crippen molar-refractivity contribution >= 4 is 27.1 Å². The Labute approximate surface area is 126 Å². The Morgan fingerprint density at radius 3 is 2.14 bits per heavy atom. The van der Waals surface area contributed by atoms with Crippen LogP contribution in [0, 0.1) is 5.41 Å². The lowest BCUT2D eigenvalue weighted by Gasteiger charge is -2.49. The van der Waals surface area contributed by atoms with Gasteiger partial charge in [-0.2, -0.15) is 13.2 Å². The second-order valence-electron chi connectivity index (χ2n) is 5.70. The summed E-state index contributed by atoms with van der Waals surface area (Å²) in [6.45, 7) is 3.99. The van der Waals surface area contributed by atoms with E-state index < -0.39 is 20.2 Å². The quantitative estimate of drug-likeness (QED) is 0.851. The topological polar surface area (TPSA) is 46.2 Å². The highest BCUT2D eigenvalue weighted by Gasteiger charge is 2.48. The number of halogens is 4. The van der Waals surface area contributed by atoms with E-state index in [1.54, 1.807) is 0 Å². The van der Waals surface area contributed by atoms with Crippen LogP contribution >= 0.6 is 11.6 Å². The van der Waals surface area contributed by atoms with Crippen LogP contribution in [0.15, 0.2) is 29.2 Å². The summed E-state index contributed by atoms with van der Waals surface area (Å²) in [6, 6.07) is 4.67. The minimum atomic E-state index is -5.29. The first kappa shape index (κ1) is 16.4. The molecule has 21 heavy (non-hydrogen) atoms. The van der Waals surface area contributed by atoms with Gasteiger partial charge in [-0.25, -0.2) is 8.42 Å². The van der Waals surface area contributed by atoms with Gasteiger partial charge in [0.1, 0.15) is 0 Å². The van der Waals surface area contributed by atoms with E-state index in [9.17, 15) is 21.6 Å². The molecule has 118 valence electrons. The van der Waals surface area contributed by atoms with Gasteiger partial charge in [-0.3, -0.25) is 0 Å². The van der Waals surface area contributed by atoms with E-state index in [2.05, 4.69) is 5.32 Å². The lowest BCUT2D eigenvalue weighted by molar-refractivity contribution is -0.0436. The molecule has 1 saturated carbocycles. The zero-order chi connectivity index (χ0) is 16.1. The number of hydrogen-bond donors (Lipinski definition) is 1. The number of alkyl halides is 4. The minimum Gasteiger partial charge on any atom is -0.382 e. The largest absolute Gasteiger partial charge is 0.501 e. The molecule has 1 aliphatic rings. The zero-order valence-corrected chi connectivity index (χ0v) is 13.0. The maximum Gasteiger partial charge on any atom is 0.501 e. The molecule has 0 saturated heterocycles. The summed E-state index contributed by atoms with van der Waals surface area (Å²) >= 11 is 6.09. The van der Waals surface area contributed by atoms with E-state index in [-0.39, 0.29) is 16.8 Å². The predicted octanol–water partition coefficient (Wildman–Crippen LogP) is 3.80. The predicted molar refractivity (Wildman–Crippen MR) is 75.1 cm³/mol. The SMILES string of the molecule is CC1(C)C(Cl)CC1Nc1ccc(S(=O)(=O)C(F)(F)F)cc1. The minimum absolute atomic E-state index is 0.0416. The molecule has 1 fully saturated rings. The molecule has 8 heteroatoms. The monoisotopic (exact) mass is 341 g/mol. The Bertz CT molecular complexity index is 626. The number of anilines is 1. The molecular formula is C13H15ClF3NO2S. The molecule has 1 aromatic rings. The Morgan fingerprint density at radius 1 is 1.24 bits per heavy atom. The number of sulfone groups is 1. The molecule has 1 N–H and O–H groups in total. The summed E-state index contributed by atoms with van der Waals surface area (Å²) in [7, 11) is -5.29. The molecule has 0 spiro atoms. The molecule has 2 atom stereocenters. The maximum absolute atomic E-state index is 12.4. The van der Waals surface area contributed by atoms with Crippen molar-refractivity contribution in [2.45, 2.75) is 42.1 Å². The first-order chi connectivity index (χ1) is 9.46. The number of nitrogens with one attached hydrogen (secondary N) is 1. The van der Waals surface area contributed by atoms with Gasteiger partial charge in [0.25, 0.3) is 9.84 Å². The molecule has 2 rings (SSSR count). The highest BCUT2D eigenvalue weighted by atomic mass is 35.5. The average molecular weight is 342 g/mol. The van der Waals surface area contributed by atoms with Gasteiger partial charge in [0, 0.05) is 22.5 Å². The Morgan fingerprint density at radius 2 is 1.76 bits per heavy atom. The van der Waals surface area contributed by atoms with Crippen molar-refractivity contribution in [3.8, 4) is 0 Å². The molecule has 3 nitrogen and oxygen atoms in total. The van der Waals surface area contributed by atoms with Crippen LogP contribution in [0.2, 0.25) is 0 Å². The summed E-state index contributed by atoms with van der Waals surface area (Å²) in [6.07, 6.45) is 0.747. The zero-order valence-electron chi connectivity index (χ0n) is 11.4. The van der Waals surface area contributed by atoms with Gasteiger partial charge < -0.3 is 5.32 Å². The van der Waals surface area contributed by atoms with Gasteiger partial charge in [0.05, 0.1) is 4.90 Å². The van der Waals surface area contributed by atoms with Crippen LogP contribution in [0.25, 0.3) is 0 Å². The first-order valence-electron chi connectivity index (χ1n) is 6.28. The normalized spacial score (nSPS) is 25.2. The van der Waals surface area contributed by atoms with Gasteiger partial charge >= 0.3 is 5.51 Å². The summed E-state index contributed by atoms with van der Waals surface area (Å²) in [4.78, 5) is -0.761. The number of hydrogen-bond acceptors (Lipinski definition) is 3. The summed E-state index contributed by atoms with van der Waals surface area (Å²) in [5, 5.41) is 3.20. The fourth-order valence-electron chi connectivity index (χ4n) is 2.18. The van der Waals surface area contributed by atoms with E-state index in [4.69, 9.17) is 11.6 Å². The average Bonchev–Trinajstić information content (AvgIpc) is 2.37. The molecule has 0 radical (unpaired) electrons. The standard InChI is InChI=1S/C13H15ClF3NO2S/c1-12(2)10(14)7-11(12)18-8-3-5-9(6-4-8)21(19,20)13(15,16)17/h3-6,10-11,18H,7H2,1-2H3. The van der Waals surface area contributed by atoms with E-state index >= 15 is 0 Å². The number of benzene rings is 1. The van der Waals surface area contributed by atoms with Crippen molar-refractivity contribution in [2.24, 2.45) is 5.41 Å². The van der Waals surface area contributed by atoms with Gasteiger partial charge in [-0.1, -0.05) is 13.8 Å². The molecule has 0 heterocycles. The molecule has 1 aromatic carbocycles. The van der Waals surface area contributed by atoms with Crippen molar-refractivity contribution in [3.05, 3.63) is 24.3 Å². The molecular weight excluding hydrogens is 327 g/mol. The lowest BCUT2D eigenvalue weighted by Crippen LogP contribution is -2.54. The van der Waals surface area contributed by atoms with Gasteiger partial charge in [-0.05, 0) is 30.7 Å². The van der Waals surface area contributed by atoms with E-state index in [1.807, 2.05) is 13.8 Å². The lowest BCUT2D eigenvalue weighted by atomic mass is 9.66. The third-order valence-corrected chi connectivity index (χ3v) is 6.20. The fraction of sp³-hybridized carbons (Fsp3) is 0.538. The molecule has 0 aliphatic heterocycles. The maximum atomic E-state index is 12.4. The number of rotatable bonds is 3. The second-order valence-corrected chi connectivity index (χ2v) is 8.16. The van der Waals surface area contributed by atoms with Crippen LogP contribution < -0.4 is 5.32 Å². The molecule has 2 unspecified atom stereocenters. The van der Waals surface area contributed by atoms with Gasteiger partial charge in [0.2, 0.25) is 0 Å². The molecule has 0 amide bonds. The first-order valence-corrected chi connectivity index (χ1v) is 8.20. The van der Waals surface area contributed by atoms with Crippen LogP contribution in [0.4, 0.5) is 18.9 Å². The third kappa shape index (κ3) is 2.85. The summed E-state index contributed by atoms with van der Waals surface area (Å²) in [5.41, 5.74) is -4.85. The van der Waals surface area contributed by atoms with Gasteiger partial charge in [-0.15, -0.1) is 11.6 Å². The Balaban J connectivity index is 2.14. The highest BCUT2D eigenvalue weighted by Crippen LogP contribution is 2.45. The third-order valence-electron chi connectivity index (χ3n) is 3.96. The van der Waals surface area contributed by atoms with E-state index in [0.29, 0.717) is 5.69 Å². The summed E-state index contributed by atoms with van der Waals surface area (Å²) < 4.78 is 59.7. The Hall–Kier alpha value is -0.950. The molecule has 1 aliphatic carbocycles. The molecule has 0 aromatic heterocycles. The van der Waals surface area contributed by atoms with Crippen molar-refractivity contribution in [1.82, 2.24) is 0 Å². The molecule has 0 bridgehead atoms. The van der Waals surface area contributed by atoms with Crippen molar-refractivity contribution in [3.63, 3.8) is 0 Å². The smallest absolute Gasteiger partial charge is 0.382 e. The van der Waals surface area contributed by atoms with Crippen molar-refractivity contribution in [2.75, 3.05) is 5.32 Å². The summed E-state index contributed by atoms with van der Waals surface area (Å²) in [5.74, 6) is 0. The van der Waals surface area contributed by atoms with E-state index in [1.165, 1.54) is 12.1 Å². The van der Waals surface area contributed by atoms with Crippen molar-refractivity contribution < 1.29 is 21.6 Å². The fourth-order valence-corrected chi connectivity index (χ4v) is 3.27. The van der Waals surface area contributed by atoms with Crippen LogP contribution in [-0.4, -0.2) is 25.3 Å². The Kier molecular flexibility index (Phi) is 3.95. The van der Waals surface area contributed by atoms with Crippen LogP contribution in [0.1, 0.15) is 20.3 Å². The van der Waals surface area contributed by atoms with E-state index in [0.717, 1.165) is 18.6 Å². The van der Waals surface area contributed by atoms with Crippen molar-refractivity contribution in [1.29, 1.82) is 0 Å². The second kappa shape index (κ2) is 5.05. The van der Waals surface area contributed by atoms with Crippen LogP contribution in [0.3, 0.4) is 0 Å². The van der Waals surface area contributed by atoms with Crippen LogP contribution in [-0.2, 0) is 9.84 Å². The highest BCUT2D eigenvalue weighted by molar-refractivity contribution is 7.92. The van der Waals surface area contributed by atoms with Gasteiger partial charge in [0.15, 0.2) is 0 Å². The van der Waals surface area contributed by atoms with Crippen LogP contribution in [0.5, 0.6) is 0 Å².